The smallest absolute Gasteiger partial charge is 0.307 e. The van der Waals surface area contributed by atoms with Gasteiger partial charge < -0.3 is 14.9 Å². The molecule has 0 unspecified atom stereocenters. The van der Waals surface area contributed by atoms with Gasteiger partial charge in [0.25, 0.3) is 0 Å². The Morgan fingerprint density at radius 2 is 1.67 bits per heavy atom. The SMILES string of the molecule is CN(C)CCN(C(=O)[C@H]1[C@@H](C(=O)O)C1(C)C)C1CCCC1. The number of rotatable bonds is 6. The van der Waals surface area contributed by atoms with Crippen molar-refractivity contribution in [2.24, 2.45) is 17.3 Å². The molecule has 0 saturated heterocycles. The summed E-state index contributed by atoms with van der Waals surface area (Å²) in [6.07, 6.45) is 4.47. The Hall–Kier alpha value is -1.10. The molecule has 2 aliphatic carbocycles. The lowest BCUT2D eigenvalue weighted by molar-refractivity contribution is -0.142. The van der Waals surface area contributed by atoms with Crippen molar-refractivity contribution in [1.82, 2.24) is 9.80 Å². The molecule has 1 amide bonds. The lowest BCUT2D eigenvalue weighted by Gasteiger charge is -2.31. The molecule has 0 radical (unpaired) electrons. The maximum atomic E-state index is 12.9. The predicted octanol–water partition coefficient (Wildman–Crippen LogP) is 1.68. The van der Waals surface area contributed by atoms with E-state index in [1.807, 2.05) is 32.8 Å². The van der Waals surface area contributed by atoms with Crippen molar-refractivity contribution in [3.8, 4) is 0 Å². The molecule has 0 aromatic rings. The molecule has 2 saturated carbocycles. The van der Waals surface area contributed by atoms with Gasteiger partial charge in [-0.15, -0.1) is 0 Å². The molecular weight excluding hydrogens is 268 g/mol. The number of nitrogens with zero attached hydrogens (tertiary/aromatic N) is 2. The standard InChI is InChI=1S/C16H28N2O3/c1-16(2)12(13(16)15(20)21)14(19)18(10-9-17(3)4)11-7-5-6-8-11/h11-13H,5-10H2,1-4H3,(H,20,21)/t12-,13+/m1/s1. The number of carbonyl (C=O) groups excluding carboxylic acids is 1. The van der Waals surface area contributed by atoms with Crippen LogP contribution in [0.5, 0.6) is 0 Å². The molecule has 2 rings (SSSR count). The Balaban J connectivity index is 2.09. The van der Waals surface area contributed by atoms with Crippen LogP contribution in [0.1, 0.15) is 39.5 Å². The Morgan fingerprint density at radius 3 is 2.10 bits per heavy atom. The minimum atomic E-state index is -0.836. The first kappa shape index (κ1) is 16.3. The summed E-state index contributed by atoms with van der Waals surface area (Å²) >= 11 is 0. The monoisotopic (exact) mass is 296 g/mol. The summed E-state index contributed by atoms with van der Waals surface area (Å²) in [6.45, 7) is 5.32. The van der Waals surface area contributed by atoms with Crippen molar-refractivity contribution in [2.75, 3.05) is 27.2 Å². The van der Waals surface area contributed by atoms with Gasteiger partial charge in [0.05, 0.1) is 11.8 Å². The lowest BCUT2D eigenvalue weighted by atomic mass is 10.1. The summed E-state index contributed by atoms with van der Waals surface area (Å²) in [6, 6.07) is 0.309. The average Bonchev–Trinajstić information content (AvgIpc) is 2.76. The van der Waals surface area contributed by atoms with Crippen LogP contribution < -0.4 is 0 Å². The highest BCUT2D eigenvalue weighted by Gasteiger charge is 2.66. The predicted molar refractivity (Wildman–Crippen MR) is 80.9 cm³/mol. The minimum Gasteiger partial charge on any atom is -0.481 e. The number of likely N-dealkylation sites (N-methyl/N-ethyl adjacent to an activating group) is 1. The normalized spacial score (nSPS) is 27.9. The topological polar surface area (TPSA) is 60.9 Å². The van der Waals surface area contributed by atoms with Gasteiger partial charge in [0.1, 0.15) is 0 Å². The zero-order valence-electron chi connectivity index (χ0n) is 13.6. The van der Waals surface area contributed by atoms with Crippen LogP contribution >= 0.6 is 0 Å². The van der Waals surface area contributed by atoms with Gasteiger partial charge in [-0.3, -0.25) is 9.59 Å². The first-order chi connectivity index (χ1) is 9.76. The van der Waals surface area contributed by atoms with Gasteiger partial charge in [0.2, 0.25) is 5.91 Å². The van der Waals surface area contributed by atoms with E-state index in [-0.39, 0.29) is 11.8 Å². The molecule has 5 heteroatoms. The third-order valence-electron chi connectivity index (χ3n) is 5.20. The summed E-state index contributed by atoms with van der Waals surface area (Å²) in [5.74, 6) is -1.65. The maximum Gasteiger partial charge on any atom is 0.307 e. The van der Waals surface area contributed by atoms with Gasteiger partial charge in [0, 0.05) is 19.1 Å². The number of carboxylic acid groups (broad SMARTS) is 1. The molecule has 120 valence electrons. The van der Waals surface area contributed by atoms with Gasteiger partial charge in [-0.05, 0) is 32.4 Å². The zero-order chi connectivity index (χ0) is 15.8. The highest BCUT2D eigenvalue weighted by Crippen LogP contribution is 2.59. The van der Waals surface area contributed by atoms with Crippen molar-refractivity contribution in [2.45, 2.75) is 45.6 Å². The van der Waals surface area contributed by atoms with Crippen LogP contribution in [0.2, 0.25) is 0 Å². The van der Waals surface area contributed by atoms with Crippen LogP contribution in [-0.2, 0) is 9.59 Å². The Labute approximate surface area is 127 Å². The zero-order valence-corrected chi connectivity index (χ0v) is 13.6. The number of carboxylic acids is 1. The van der Waals surface area contributed by atoms with E-state index in [1.54, 1.807) is 0 Å². The van der Waals surface area contributed by atoms with E-state index in [9.17, 15) is 14.7 Å². The minimum absolute atomic E-state index is 0.0566. The second kappa shape index (κ2) is 5.95. The Bertz CT molecular complexity index is 414. The molecule has 2 aliphatic rings. The van der Waals surface area contributed by atoms with Gasteiger partial charge in [0.15, 0.2) is 0 Å². The quantitative estimate of drug-likeness (QED) is 0.810. The fourth-order valence-corrected chi connectivity index (χ4v) is 3.73. The van der Waals surface area contributed by atoms with Crippen LogP contribution in [-0.4, -0.2) is 60.0 Å². The van der Waals surface area contributed by atoms with Crippen LogP contribution in [0.25, 0.3) is 0 Å². The van der Waals surface area contributed by atoms with Crippen molar-refractivity contribution >= 4 is 11.9 Å². The van der Waals surface area contributed by atoms with E-state index in [4.69, 9.17) is 0 Å². The van der Waals surface area contributed by atoms with Crippen LogP contribution in [0.15, 0.2) is 0 Å². The highest BCUT2D eigenvalue weighted by atomic mass is 16.4. The van der Waals surface area contributed by atoms with Crippen molar-refractivity contribution < 1.29 is 14.7 Å². The fraction of sp³-hybridized carbons (Fsp3) is 0.875. The third kappa shape index (κ3) is 3.23. The molecule has 0 aliphatic heterocycles. The molecule has 0 spiro atoms. The summed E-state index contributed by atoms with van der Waals surface area (Å²) < 4.78 is 0. The van der Waals surface area contributed by atoms with E-state index in [1.165, 1.54) is 12.8 Å². The van der Waals surface area contributed by atoms with E-state index in [0.29, 0.717) is 12.6 Å². The number of aliphatic carboxylic acids is 1. The Kier molecular flexibility index (Phi) is 4.61. The first-order valence-electron chi connectivity index (χ1n) is 7.95. The Morgan fingerprint density at radius 1 is 1.10 bits per heavy atom. The third-order valence-corrected chi connectivity index (χ3v) is 5.20. The summed E-state index contributed by atoms with van der Waals surface area (Å²) in [5, 5.41) is 9.29. The summed E-state index contributed by atoms with van der Waals surface area (Å²) in [4.78, 5) is 28.2. The number of amides is 1. The highest BCUT2D eigenvalue weighted by molar-refractivity contribution is 5.91. The van der Waals surface area contributed by atoms with Gasteiger partial charge in [-0.1, -0.05) is 26.7 Å². The van der Waals surface area contributed by atoms with Crippen LogP contribution in [0, 0.1) is 17.3 Å². The molecule has 0 aromatic heterocycles. The van der Waals surface area contributed by atoms with Gasteiger partial charge >= 0.3 is 5.97 Å². The number of hydrogen-bond donors (Lipinski definition) is 1. The van der Waals surface area contributed by atoms with Gasteiger partial charge in [-0.25, -0.2) is 0 Å². The molecular formula is C16H28N2O3. The lowest BCUT2D eigenvalue weighted by Crippen LogP contribution is -2.44. The summed E-state index contributed by atoms with van der Waals surface area (Å²) in [5.41, 5.74) is -0.405. The van der Waals surface area contributed by atoms with Crippen LogP contribution in [0.3, 0.4) is 0 Å². The number of carbonyl (C=O) groups is 2. The molecule has 1 N–H and O–H groups in total. The van der Waals surface area contributed by atoms with Crippen molar-refractivity contribution in [1.29, 1.82) is 0 Å². The van der Waals surface area contributed by atoms with Crippen molar-refractivity contribution in [3.63, 3.8) is 0 Å². The fourth-order valence-electron chi connectivity index (χ4n) is 3.73. The second-order valence-corrected chi connectivity index (χ2v) is 7.39. The van der Waals surface area contributed by atoms with E-state index in [0.717, 1.165) is 19.4 Å². The van der Waals surface area contributed by atoms with E-state index < -0.39 is 17.3 Å². The van der Waals surface area contributed by atoms with Gasteiger partial charge in [-0.2, -0.15) is 0 Å². The van der Waals surface area contributed by atoms with Crippen LogP contribution in [0.4, 0.5) is 0 Å². The molecule has 21 heavy (non-hydrogen) atoms. The summed E-state index contributed by atoms with van der Waals surface area (Å²) in [7, 11) is 4.00. The van der Waals surface area contributed by atoms with E-state index in [2.05, 4.69) is 4.90 Å². The number of hydrogen-bond acceptors (Lipinski definition) is 3. The van der Waals surface area contributed by atoms with Crippen molar-refractivity contribution in [3.05, 3.63) is 0 Å². The molecule has 2 fully saturated rings. The maximum absolute atomic E-state index is 12.9. The molecule has 5 nitrogen and oxygen atoms in total. The molecule has 0 aromatic carbocycles. The van der Waals surface area contributed by atoms with E-state index >= 15 is 0 Å². The molecule has 0 heterocycles. The first-order valence-corrected chi connectivity index (χ1v) is 7.95. The average molecular weight is 296 g/mol. The molecule has 2 atom stereocenters. The largest absolute Gasteiger partial charge is 0.481 e. The second-order valence-electron chi connectivity index (χ2n) is 7.39. The molecule has 0 bridgehead atoms.